The quantitative estimate of drug-likeness (QED) is 0.384. The average Bonchev–Trinajstić information content (AvgIpc) is 2.73. The summed E-state index contributed by atoms with van der Waals surface area (Å²) in [6, 6.07) is 13.3. The van der Waals surface area contributed by atoms with Gasteiger partial charge in [0.2, 0.25) is 5.91 Å². The number of rotatable bonds is 8. The molecule has 0 aliphatic carbocycles. The molecule has 0 aromatic heterocycles. The number of carbonyl (C=O) groups excluding carboxylic acids is 4. The van der Waals surface area contributed by atoms with E-state index in [9.17, 15) is 19.2 Å². The fraction of sp³-hybridized carbons (Fsp3) is 0.200. The molecule has 30 heavy (non-hydrogen) atoms. The number of anilines is 1. The van der Waals surface area contributed by atoms with E-state index in [1.807, 2.05) is 0 Å². The van der Waals surface area contributed by atoms with E-state index >= 15 is 0 Å². The first-order chi connectivity index (χ1) is 14.3. The fourth-order valence-electron chi connectivity index (χ4n) is 2.24. The highest BCUT2D eigenvalue weighted by atomic mass is 79.9. The Labute approximate surface area is 186 Å². The largest absolute Gasteiger partial charge is 0.456 e. The van der Waals surface area contributed by atoms with Crippen LogP contribution in [0.5, 0.6) is 0 Å². The van der Waals surface area contributed by atoms with E-state index in [0.717, 1.165) is 4.47 Å². The average molecular weight is 497 g/mol. The molecular weight excluding hydrogens is 478 g/mol. The maximum absolute atomic E-state index is 11.8. The summed E-state index contributed by atoms with van der Waals surface area (Å²) in [6.07, 6.45) is 0.156. The van der Waals surface area contributed by atoms with Gasteiger partial charge in [-0.25, -0.2) is 0 Å². The van der Waals surface area contributed by atoms with Crippen LogP contribution in [0.2, 0.25) is 5.02 Å². The van der Waals surface area contributed by atoms with Crippen molar-refractivity contribution in [1.29, 1.82) is 0 Å². The van der Waals surface area contributed by atoms with Crippen molar-refractivity contribution < 1.29 is 23.9 Å². The fourth-order valence-corrected chi connectivity index (χ4v) is 2.96. The second-order valence-corrected chi connectivity index (χ2v) is 7.38. The summed E-state index contributed by atoms with van der Waals surface area (Å²) in [7, 11) is 0. The van der Waals surface area contributed by atoms with E-state index in [-0.39, 0.29) is 19.3 Å². The molecule has 0 saturated heterocycles. The maximum atomic E-state index is 11.8. The predicted molar refractivity (Wildman–Crippen MR) is 115 cm³/mol. The Morgan fingerprint density at radius 1 is 0.933 bits per heavy atom. The lowest BCUT2D eigenvalue weighted by molar-refractivity contribution is -0.147. The van der Waals surface area contributed by atoms with Gasteiger partial charge in [0, 0.05) is 22.9 Å². The first-order valence-electron chi connectivity index (χ1n) is 8.90. The third-order valence-corrected chi connectivity index (χ3v) is 4.51. The molecule has 2 aromatic rings. The third-order valence-electron chi connectivity index (χ3n) is 3.71. The van der Waals surface area contributed by atoms with E-state index < -0.39 is 30.3 Å². The van der Waals surface area contributed by atoms with Crippen LogP contribution in [0, 0.1) is 0 Å². The summed E-state index contributed by atoms with van der Waals surface area (Å²) in [5, 5.41) is 2.88. The molecule has 0 bridgehead atoms. The minimum Gasteiger partial charge on any atom is -0.456 e. The van der Waals surface area contributed by atoms with Crippen LogP contribution in [0.25, 0.3) is 0 Å². The van der Waals surface area contributed by atoms with Gasteiger partial charge in [0.15, 0.2) is 6.61 Å². The van der Waals surface area contributed by atoms with Crippen LogP contribution in [-0.4, -0.2) is 30.3 Å². The van der Waals surface area contributed by atoms with Crippen LogP contribution in [0.4, 0.5) is 5.69 Å². The lowest BCUT2D eigenvalue weighted by atomic mass is 10.2. The molecule has 0 fully saturated rings. The maximum Gasteiger partial charge on any atom is 0.306 e. The molecule has 0 aliphatic heterocycles. The first kappa shape index (κ1) is 23.4. The van der Waals surface area contributed by atoms with Crippen LogP contribution in [0.3, 0.4) is 0 Å². The Kier molecular flexibility index (Phi) is 9.30. The van der Waals surface area contributed by atoms with E-state index in [1.54, 1.807) is 48.5 Å². The molecule has 0 spiro atoms. The lowest BCUT2D eigenvalue weighted by Gasteiger charge is -2.09. The van der Waals surface area contributed by atoms with Gasteiger partial charge in [0.25, 0.3) is 11.8 Å². The van der Waals surface area contributed by atoms with Gasteiger partial charge in [-0.3, -0.25) is 30.0 Å². The normalized spacial score (nSPS) is 10.1. The van der Waals surface area contributed by atoms with Crippen molar-refractivity contribution >= 4 is 56.9 Å². The van der Waals surface area contributed by atoms with Crippen molar-refractivity contribution in [1.82, 2.24) is 10.9 Å². The molecule has 0 radical (unpaired) electrons. The van der Waals surface area contributed by atoms with Crippen molar-refractivity contribution in [2.75, 3.05) is 11.9 Å². The van der Waals surface area contributed by atoms with Gasteiger partial charge in [-0.15, -0.1) is 0 Å². The summed E-state index contributed by atoms with van der Waals surface area (Å²) in [5.41, 5.74) is 5.36. The van der Waals surface area contributed by atoms with Crippen molar-refractivity contribution in [2.45, 2.75) is 19.3 Å². The zero-order valence-electron chi connectivity index (χ0n) is 15.7. The summed E-state index contributed by atoms with van der Waals surface area (Å²) >= 11 is 9.26. The molecule has 0 unspecified atom stereocenters. The number of ether oxygens (including phenoxy) is 1. The van der Waals surface area contributed by atoms with E-state index in [0.29, 0.717) is 16.3 Å². The van der Waals surface area contributed by atoms with Crippen molar-refractivity contribution in [3.8, 4) is 0 Å². The van der Waals surface area contributed by atoms with Gasteiger partial charge in [-0.2, -0.15) is 0 Å². The molecule has 0 saturated carbocycles. The van der Waals surface area contributed by atoms with Gasteiger partial charge in [0.05, 0.1) is 10.7 Å². The van der Waals surface area contributed by atoms with Crippen LogP contribution in [0.15, 0.2) is 53.0 Å². The predicted octanol–water partition coefficient (Wildman–Crippen LogP) is 3.22. The van der Waals surface area contributed by atoms with E-state index in [4.69, 9.17) is 16.3 Å². The number of nitrogens with one attached hydrogen (secondary N) is 3. The van der Waals surface area contributed by atoms with E-state index in [2.05, 4.69) is 32.1 Å². The first-order valence-corrected chi connectivity index (χ1v) is 10.1. The summed E-state index contributed by atoms with van der Waals surface area (Å²) < 4.78 is 5.64. The highest BCUT2D eigenvalue weighted by Gasteiger charge is 2.11. The number of halogens is 2. The Hall–Kier alpha value is -2.91. The second kappa shape index (κ2) is 11.9. The summed E-state index contributed by atoms with van der Waals surface area (Å²) in [6.45, 7) is -0.468. The van der Waals surface area contributed by atoms with Gasteiger partial charge in [-0.1, -0.05) is 45.7 Å². The Bertz CT molecular complexity index is 924. The summed E-state index contributed by atoms with van der Waals surface area (Å²) in [5.74, 6) is -2.04. The number of hydrazine groups is 1. The molecule has 158 valence electrons. The van der Waals surface area contributed by atoms with Crippen molar-refractivity contribution in [3.63, 3.8) is 0 Å². The van der Waals surface area contributed by atoms with Crippen LogP contribution in [0.1, 0.15) is 29.6 Å². The molecule has 0 aliphatic rings. The Morgan fingerprint density at radius 2 is 1.67 bits per heavy atom. The molecule has 10 heteroatoms. The number of hydrogen-bond acceptors (Lipinski definition) is 5. The van der Waals surface area contributed by atoms with Crippen LogP contribution >= 0.6 is 27.5 Å². The topological polar surface area (TPSA) is 114 Å². The highest BCUT2D eigenvalue weighted by Crippen LogP contribution is 2.25. The Balaban J connectivity index is 1.60. The minimum atomic E-state index is -0.617. The Morgan fingerprint density at radius 3 is 2.37 bits per heavy atom. The molecule has 3 N–H and O–H groups in total. The highest BCUT2D eigenvalue weighted by molar-refractivity contribution is 9.10. The minimum absolute atomic E-state index is 0.00483. The molecule has 0 heterocycles. The van der Waals surface area contributed by atoms with E-state index in [1.165, 1.54) is 0 Å². The van der Waals surface area contributed by atoms with Crippen molar-refractivity contribution in [3.05, 3.63) is 63.6 Å². The standard InChI is InChI=1S/C20H19BrClN3O5/c21-14-9-10-16(15(22)11-14)23-18(27)12-30-19(28)8-4-7-17(26)24-25-20(29)13-5-2-1-3-6-13/h1-3,5-6,9-11H,4,7-8,12H2,(H,23,27)(H,24,26)(H,25,29). The second-order valence-electron chi connectivity index (χ2n) is 6.05. The van der Waals surface area contributed by atoms with Gasteiger partial charge in [0.1, 0.15) is 0 Å². The van der Waals surface area contributed by atoms with Gasteiger partial charge < -0.3 is 10.1 Å². The number of amides is 3. The molecule has 2 aromatic carbocycles. The van der Waals surface area contributed by atoms with Crippen molar-refractivity contribution in [2.24, 2.45) is 0 Å². The third kappa shape index (κ3) is 8.22. The summed E-state index contributed by atoms with van der Waals surface area (Å²) in [4.78, 5) is 47.1. The zero-order chi connectivity index (χ0) is 21.9. The van der Waals surface area contributed by atoms with Gasteiger partial charge in [-0.05, 0) is 36.8 Å². The number of esters is 1. The van der Waals surface area contributed by atoms with Crippen LogP contribution in [-0.2, 0) is 19.1 Å². The monoisotopic (exact) mass is 495 g/mol. The van der Waals surface area contributed by atoms with Crippen LogP contribution < -0.4 is 16.2 Å². The molecule has 3 amide bonds. The SMILES string of the molecule is O=C(CCCC(=O)OCC(=O)Nc1ccc(Br)cc1Cl)NNC(=O)c1ccccc1. The van der Waals surface area contributed by atoms with Gasteiger partial charge >= 0.3 is 5.97 Å². The molecule has 8 nitrogen and oxygen atoms in total. The smallest absolute Gasteiger partial charge is 0.306 e. The molecular formula is C20H19BrClN3O5. The molecule has 2 rings (SSSR count). The number of carbonyl (C=O) groups is 4. The molecule has 0 atom stereocenters. The number of benzene rings is 2. The number of hydrogen-bond donors (Lipinski definition) is 3. The zero-order valence-corrected chi connectivity index (χ0v) is 18.1. The lowest BCUT2D eigenvalue weighted by Crippen LogP contribution is -2.41.